The van der Waals surface area contributed by atoms with Crippen LogP contribution in [0.25, 0.3) is 61.4 Å². The maximum atomic E-state index is 16.0. The second-order valence-corrected chi connectivity index (χ2v) is 15.3. The third-order valence-corrected chi connectivity index (χ3v) is 11.6. The van der Waals surface area contributed by atoms with Crippen molar-refractivity contribution in [3.8, 4) is 39.5 Å². The van der Waals surface area contributed by atoms with Gasteiger partial charge >= 0.3 is 5.97 Å². The number of hydrogen-bond donors (Lipinski definition) is 0. The van der Waals surface area contributed by atoms with Gasteiger partial charge in [-0.2, -0.15) is 0 Å². The number of ether oxygens (including phenoxy) is 1. The lowest BCUT2D eigenvalue weighted by atomic mass is 9.93. The Morgan fingerprint density at radius 1 is 0.500 bits per heavy atom. The first-order valence-corrected chi connectivity index (χ1v) is 21.2. The van der Waals surface area contributed by atoms with Gasteiger partial charge < -0.3 is 4.74 Å². The summed E-state index contributed by atoms with van der Waals surface area (Å²) in [6.45, 7) is 8.26. The van der Waals surface area contributed by atoms with Crippen molar-refractivity contribution in [1.82, 2.24) is 19.4 Å². The smallest absolute Gasteiger partial charge is 0.343 e. The summed E-state index contributed by atoms with van der Waals surface area (Å²) in [5.74, 6) is -1.41. The second-order valence-electron chi connectivity index (χ2n) is 15.3. The molecule has 9 aromatic rings. The number of rotatable bonds is 11. The zero-order valence-electron chi connectivity index (χ0n) is 35.1. The lowest BCUT2D eigenvalue weighted by molar-refractivity contribution is 0.0733. The van der Waals surface area contributed by atoms with E-state index in [1.165, 1.54) is 0 Å². The van der Waals surface area contributed by atoms with Crippen LogP contribution in [0.3, 0.4) is 0 Å². The number of pyridine rings is 1. The Balaban J connectivity index is 1.48. The first-order valence-electron chi connectivity index (χ1n) is 21.2. The maximum absolute atomic E-state index is 16.0. The molecule has 0 aliphatic heterocycles. The van der Waals surface area contributed by atoms with Crippen LogP contribution in [-0.4, -0.2) is 31.1 Å². The summed E-state index contributed by atoms with van der Waals surface area (Å²) in [5.41, 5.74) is 8.97. The highest BCUT2D eigenvalue weighted by Crippen LogP contribution is 2.42. The minimum absolute atomic E-state index is 0.00237. The van der Waals surface area contributed by atoms with Gasteiger partial charge in [0, 0.05) is 16.7 Å². The van der Waals surface area contributed by atoms with E-state index < -0.39 is 17.3 Å². The van der Waals surface area contributed by atoms with Gasteiger partial charge in [0.15, 0.2) is 11.5 Å². The molecular formula is C54H44N4O4. The molecule has 62 heavy (non-hydrogen) atoms. The molecule has 0 amide bonds. The van der Waals surface area contributed by atoms with Gasteiger partial charge in [0.05, 0.1) is 50.1 Å². The molecular weight excluding hydrogens is 769 g/mol. The molecule has 0 N–H and O–H groups in total. The van der Waals surface area contributed by atoms with Crippen molar-refractivity contribution < 1.29 is 14.3 Å². The molecule has 0 saturated heterocycles. The van der Waals surface area contributed by atoms with E-state index in [1.54, 1.807) is 28.7 Å². The van der Waals surface area contributed by atoms with Crippen molar-refractivity contribution in [3.05, 3.63) is 195 Å². The van der Waals surface area contributed by atoms with Gasteiger partial charge in [-0.15, -0.1) is 0 Å². The average Bonchev–Trinajstić information content (AvgIpc) is 3.33. The fourth-order valence-electron chi connectivity index (χ4n) is 7.99. The molecule has 0 aliphatic carbocycles. The van der Waals surface area contributed by atoms with Crippen molar-refractivity contribution >= 4 is 39.3 Å². The van der Waals surface area contributed by atoms with Crippen LogP contribution in [0.15, 0.2) is 150 Å². The number of nitrogens with zero attached hydrogens (tertiary/aromatic N) is 4. The van der Waals surface area contributed by atoms with Gasteiger partial charge in [0.25, 0.3) is 5.56 Å². The van der Waals surface area contributed by atoms with Crippen molar-refractivity contribution in [1.29, 1.82) is 0 Å². The Hall–Kier alpha value is -7.58. The van der Waals surface area contributed by atoms with Gasteiger partial charge in [-0.3, -0.25) is 14.0 Å². The van der Waals surface area contributed by atoms with Crippen LogP contribution in [0.4, 0.5) is 0 Å². The van der Waals surface area contributed by atoms with Crippen LogP contribution in [0.1, 0.15) is 76.2 Å². The lowest BCUT2D eigenvalue weighted by Crippen LogP contribution is -2.25. The summed E-state index contributed by atoms with van der Waals surface area (Å²) in [4.78, 5) is 61.8. The second kappa shape index (κ2) is 16.8. The minimum Gasteiger partial charge on any atom is -0.421 e. The molecule has 6 aromatic carbocycles. The molecule has 0 radical (unpaired) electrons. The van der Waals surface area contributed by atoms with Gasteiger partial charge in [0.1, 0.15) is 11.3 Å². The van der Waals surface area contributed by atoms with Crippen LogP contribution in [-0.2, 0) is 25.7 Å². The van der Waals surface area contributed by atoms with Crippen LogP contribution in [0.2, 0.25) is 0 Å². The van der Waals surface area contributed by atoms with Gasteiger partial charge in [0.2, 0.25) is 0 Å². The molecule has 8 heteroatoms. The molecule has 0 atom stereocenters. The normalized spacial score (nSPS) is 11.4. The van der Waals surface area contributed by atoms with Crippen LogP contribution < -0.4 is 10.3 Å². The molecule has 8 nitrogen and oxygen atoms in total. The molecule has 3 aromatic heterocycles. The number of benzene rings is 6. The third-order valence-electron chi connectivity index (χ3n) is 11.6. The maximum Gasteiger partial charge on any atom is 0.343 e. The molecule has 0 bridgehead atoms. The van der Waals surface area contributed by atoms with Crippen LogP contribution >= 0.6 is 0 Å². The van der Waals surface area contributed by atoms with Crippen molar-refractivity contribution in [3.63, 3.8) is 0 Å². The Morgan fingerprint density at radius 3 is 1.47 bits per heavy atom. The number of carbonyl (C=O) groups is 2. The first kappa shape index (κ1) is 39.9. The van der Waals surface area contributed by atoms with E-state index in [0.717, 1.165) is 47.9 Å². The molecule has 304 valence electrons. The summed E-state index contributed by atoms with van der Waals surface area (Å²) in [6, 6.07) is 45.2. The lowest BCUT2D eigenvalue weighted by Gasteiger charge is -2.21. The number of hydrogen-bond acceptors (Lipinski definition) is 7. The fourth-order valence-corrected chi connectivity index (χ4v) is 7.99. The molecule has 3 heterocycles. The van der Waals surface area contributed by atoms with Gasteiger partial charge in [-0.25, -0.2) is 19.7 Å². The first-order chi connectivity index (χ1) is 30.3. The molecule has 0 fully saturated rings. The van der Waals surface area contributed by atoms with E-state index in [-0.39, 0.29) is 33.7 Å². The Labute approximate surface area is 359 Å². The SMILES string of the molecule is CCc1ccc(C(=O)Oc2c(-c3nc4ccccc4nc3-c3ccc(CC)cc3)c(=O)n3c(c(-c4ccc(CC)cc4)nc4ccccc43)c2C(=O)c2ccc(CC)cc2)cc1. The summed E-state index contributed by atoms with van der Waals surface area (Å²) in [6.07, 6.45) is 3.21. The monoisotopic (exact) mass is 812 g/mol. The van der Waals surface area contributed by atoms with Crippen molar-refractivity contribution in [2.45, 2.75) is 53.4 Å². The van der Waals surface area contributed by atoms with E-state index in [9.17, 15) is 4.79 Å². The zero-order chi connectivity index (χ0) is 42.9. The minimum atomic E-state index is -0.738. The predicted octanol–water partition coefficient (Wildman–Crippen LogP) is 11.5. The number of esters is 1. The number of para-hydroxylation sites is 4. The van der Waals surface area contributed by atoms with Gasteiger partial charge in [-0.1, -0.05) is 137 Å². The van der Waals surface area contributed by atoms with E-state index in [2.05, 4.69) is 20.8 Å². The number of aryl methyl sites for hydroxylation is 4. The summed E-state index contributed by atoms with van der Waals surface area (Å²) in [7, 11) is 0. The molecule has 9 rings (SSSR count). The Kier molecular flexibility index (Phi) is 10.8. The standard InChI is InChI=1S/C54H44N4O4/c1-5-33-17-25-37(26-18-33)47-49(56-42-14-10-9-13-41(42)55-47)45-52(62-54(61)40-31-23-36(8-4)24-32-40)46(51(59)39-29-21-35(7-3)22-30-39)50-48(38-27-19-34(6-2)20-28-38)57-43-15-11-12-16-44(43)58(50)53(45)60/h9-32H,5-8H2,1-4H3. The summed E-state index contributed by atoms with van der Waals surface area (Å²) < 4.78 is 8.12. The molecule has 0 unspecified atom stereocenters. The largest absolute Gasteiger partial charge is 0.421 e. The molecule has 0 aliphatic rings. The Morgan fingerprint density at radius 2 is 0.935 bits per heavy atom. The Bertz CT molecular complexity index is 3230. The number of fused-ring (bicyclic) bond motifs is 4. The third kappa shape index (κ3) is 7.23. The number of carbonyl (C=O) groups excluding carboxylic acids is 2. The topological polar surface area (TPSA) is 104 Å². The van der Waals surface area contributed by atoms with Crippen LogP contribution in [0, 0.1) is 0 Å². The van der Waals surface area contributed by atoms with E-state index >= 15 is 9.59 Å². The van der Waals surface area contributed by atoms with Crippen molar-refractivity contribution in [2.24, 2.45) is 0 Å². The molecule has 0 spiro atoms. The van der Waals surface area contributed by atoms with E-state index in [0.29, 0.717) is 50.1 Å². The van der Waals surface area contributed by atoms with E-state index in [4.69, 9.17) is 19.7 Å². The van der Waals surface area contributed by atoms with Gasteiger partial charge in [-0.05, 0) is 84.3 Å². The highest BCUT2D eigenvalue weighted by molar-refractivity contribution is 6.19. The highest BCUT2D eigenvalue weighted by Gasteiger charge is 2.33. The number of ketones is 1. The van der Waals surface area contributed by atoms with Crippen molar-refractivity contribution in [2.75, 3.05) is 0 Å². The van der Waals surface area contributed by atoms with E-state index in [1.807, 2.05) is 128 Å². The molecule has 0 saturated carbocycles. The highest BCUT2D eigenvalue weighted by atomic mass is 16.5. The number of aromatic nitrogens is 4. The summed E-state index contributed by atoms with van der Waals surface area (Å²) >= 11 is 0. The zero-order valence-corrected chi connectivity index (χ0v) is 35.1. The quantitative estimate of drug-likeness (QED) is 0.0728. The van der Waals surface area contributed by atoms with Crippen LogP contribution in [0.5, 0.6) is 5.75 Å². The fraction of sp³-hybridized carbons (Fsp3) is 0.148. The average molecular weight is 813 g/mol. The summed E-state index contributed by atoms with van der Waals surface area (Å²) in [5, 5.41) is 0. The predicted molar refractivity (Wildman–Crippen MR) is 247 cm³/mol.